The van der Waals surface area contributed by atoms with Gasteiger partial charge < -0.3 is 5.32 Å². The van der Waals surface area contributed by atoms with Crippen LogP contribution in [-0.2, 0) is 5.88 Å². The molecule has 0 radical (unpaired) electrons. The molecular weight excluding hydrogens is 396 g/mol. The van der Waals surface area contributed by atoms with Crippen LogP contribution < -0.4 is 5.32 Å². The van der Waals surface area contributed by atoms with Gasteiger partial charge in [-0.3, -0.25) is 4.79 Å². The zero-order chi connectivity index (χ0) is 13.8. The Bertz CT molecular complexity index is 616. The van der Waals surface area contributed by atoms with Crippen LogP contribution in [0, 0.1) is 3.57 Å². The second kappa shape index (κ2) is 6.59. The van der Waals surface area contributed by atoms with Gasteiger partial charge in [0.05, 0.1) is 10.7 Å². The van der Waals surface area contributed by atoms with Crippen molar-refractivity contribution in [1.82, 2.24) is 0 Å². The first-order chi connectivity index (χ1) is 9.10. The van der Waals surface area contributed by atoms with Gasteiger partial charge in [-0.15, -0.1) is 11.6 Å². The van der Waals surface area contributed by atoms with Crippen molar-refractivity contribution < 1.29 is 4.79 Å². The maximum Gasteiger partial charge on any atom is 0.255 e. The molecule has 2 rings (SSSR count). The monoisotopic (exact) mass is 405 g/mol. The van der Waals surface area contributed by atoms with Gasteiger partial charge in [-0.2, -0.15) is 0 Å². The predicted molar refractivity (Wildman–Crippen MR) is 88.1 cm³/mol. The normalized spacial score (nSPS) is 10.3. The van der Waals surface area contributed by atoms with Gasteiger partial charge in [-0.25, -0.2) is 0 Å². The van der Waals surface area contributed by atoms with Crippen molar-refractivity contribution in [2.75, 3.05) is 5.32 Å². The van der Waals surface area contributed by atoms with Crippen LogP contribution in [0.4, 0.5) is 5.69 Å². The summed E-state index contributed by atoms with van der Waals surface area (Å²) in [7, 11) is 0. The average molecular weight is 406 g/mol. The molecular formula is C14H10Cl2INO. The van der Waals surface area contributed by atoms with E-state index in [-0.39, 0.29) is 5.91 Å². The van der Waals surface area contributed by atoms with Crippen LogP contribution in [-0.4, -0.2) is 5.91 Å². The molecule has 0 aliphatic heterocycles. The molecule has 0 bridgehead atoms. The molecule has 0 spiro atoms. The van der Waals surface area contributed by atoms with E-state index < -0.39 is 0 Å². The molecule has 0 unspecified atom stereocenters. The molecule has 1 N–H and O–H groups in total. The van der Waals surface area contributed by atoms with Crippen LogP contribution in [0.15, 0.2) is 42.5 Å². The number of carbonyl (C=O) groups excluding carboxylic acids is 1. The number of alkyl halides is 1. The van der Waals surface area contributed by atoms with E-state index in [1.54, 1.807) is 24.3 Å². The van der Waals surface area contributed by atoms with E-state index in [1.165, 1.54) is 0 Å². The van der Waals surface area contributed by atoms with Crippen LogP contribution >= 0.6 is 45.8 Å². The van der Waals surface area contributed by atoms with Crippen molar-refractivity contribution >= 4 is 57.4 Å². The van der Waals surface area contributed by atoms with Gasteiger partial charge in [0.15, 0.2) is 0 Å². The van der Waals surface area contributed by atoms with Gasteiger partial charge in [-0.05, 0) is 58.5 Å². The molecule has 1 amide bonds. The molecule has 2 aromatic rings. The van der Waals surface area contributed by atoms with E-state index in [1.807, 2.05) is 18.2 Å². The van der Waals surface area contributed by atoms with Crippen molar-refractivity contribution in [2.24, 2.45) is 0 Å². The Morgan fingerprint density at radius 2 is 2.00 bits per heavy atom. The number of anilines is 1. The van der Waals surface area contributed by atoms with Gasteiger partial charge in [0.25, 0.3) is 5.91 Å². The first kappa shape index (κ1) is 14.6. The highest BCUT2D eigenvalue weighted by atomic mass is 127. The van der Waals surface area contributed by atoms with Gasteiger partial charge in [0.1, 0.15) is 0 Å². The highest BCUT2D eigenvalue weighted by molar-refractivity contribution is 14.1. The fourth-order valence-corrected chi connectivity index (χ4v) is 2.65. The molecule has 0 saturated heterocycles. The quantitative estimate of drug-likeness (QED) is 0.568. The topological polar surface area (TPSA) is 29.1 Å². The maximum atomic E-state index is 12.1. The molecule has 0 heterocycles. The molecule has 0 atom stereocenters. The molecule has 2 aromatic carbocycles. The second-order valence-corrected chi connectivity index (χ2v) is 5.83. The molecule has 98 valence electrons. The van der Waals surface area contributed by atoms with E-state index in [9.17, 15) is 4.79 Å². The summed E-state index contributed by atoms with van der Waals surface area (Å²) in [6.45, 7) is 0. The highest BCUT2D eigenvalue weighted by Gasteiger charge is 2.09. The van der Waals surface area contributed by atoms with Crippen LogP contribution in [0.1, 0.15) is 15.9 Å². The summed E-state index contributed by atoms with van der Waals surface area (Å²) in [4.78, 5) is 12.1. The SMILES string of the molecule is O=C(Nc1ccc(I)cc1Cl)c1cccc(CCl)c1. The smallest absolute Gasteiger partial charge is 0.255 e. The lowest BCUT2D eigenvalue weighted by Gasteiger charge is -2.08. The predicted octanol–water partition coefficient (Wildman–Crippen LogP) is 4.94. The molecule has 0 saturated carbocycles. The molecule has 5 heteroatoms. The lowest BCUT2D eigenvalue weighted by Crippen LogP contribution is -2.12. The minimum atomic E-state index is -0.199. The summed E-state index contributed by atoms with van der Waals surface area (Å²) in [5.41, 5.74) is 2.07. The van der Waals surface area contributed by atoms with Crippen molar-refractivity contribution in [2.45, 2.75) is 5.88 Å². The Kier molecular flexibility index (Phi) is 5.07. The first-order valence-corrected chi connectivity index (χ1v) is 7.50. The third-order valence-corrected chi connectivity index (χ3v) is 3.82. The molecule has 2 nitrogen and oxygen atoms in total. The molecule has 19 heavy (non-hydrogen) atoms. The van der Waals surface area contributed by atoms with Crippen molar-refractivity contribution in [1.29, 1.82) is 0 Å². The van der Waals surface area contributed by atoms with Crippen LogP contribution in [0.3, 0.4) is 0 Å². The van der Waals surface area contributed by atoms with Crippen LogP contribution in [0.5, 0.6) is 0 Å². The Morgan fingerprint density at radius 3 is 2.68 bits per heavy atom. The molecule has 0 fully saturated rings. The van der Waals surface area contributed by atoms with Crippen molar-refractivity contribution in [3.05, 3.63) is 62.2 Å². The minimum Gasteiger partial charge on any atom is -0.321 e. The van der Waals surface area contributed by atoms with Gasteiger partial charge in [0, 0.05) is 15.0 Å². The van der Waals surface area contributed by atoms with Gasteiger partial charge in [-0.1, -0.05) is 23.7 Å². The number of amides is 1. The zero-order valence-corrected chi connectivity index (χ0v) is 13.5. The van der Waals surface area contributed by atoms with Gasteiger partial charge >= 0.3 is 0 Å². The number of hydrogen-bond donors (Lipinski definition) is 1. The van der Waals surface area contributed by atoms with Crippen LogP contribution in [0.2, 0.25) is 5.02 Å². The largest absolute Gasteiger partial charge is 0.321 e. The van der Waals surface area contributed by atoms with E-state index in [2.05, 4.69) is 27.9 Å². The van der Waals surface area contributed by atoms with E-state index in [0.29, 0.717) is 22.2 Å². The fourth-order valence-electron chi connectivity index (χ4n) is 1.58. The summed E-state index contributed by atoms with van der Waals surface area (Å²) >= 11 is 14.0. The Labute approximate surface area is 135 Å². The van der Waals surface area contributed by atoms with Crippen molar-refractivity contribution in [3.63, 3.8) is 0 Å². The van der Waals surface area contributed by atoms with E-state index in [4.69, 9.17) is 23.2 Å². The maximum absolute atomic E-state index is 12.1. The number of hydrogen-bond acceptors (Lipinski definition) is 1. The fraction of sp³-hybridized carbons (Fsp3) is 0.0714. The summed E-state index contributed by atoms with van der Waals surface area (Å²) < 4.78 is 1.02. The summed E-state index contributed by atoms with van der Waals surface area (Å²) in [5, 5.41) is 3.31. The van der Waals surface area contributed by atoms with Crippen molar-refractivity contribution in [3.8, 4) is 0 Å². The Hall–Kier alpha value is -0.780. The highest BCUT2D eigenvalue weighted by Crippen LogP contribution is 2.24. The van der Waals surface area contributed by atoms with Gasteiger partial charge in [0.2, 0.25) is 0 Å². The standard InChI is InChI=1S/C14H10Cl2INO/c15-8-9-2-1-3-10(6-9)14(19)18-13-5-4-11(17)7-12(13)16/h1-7H,8H2,(H,18,19). The average Bonchev–Trinajstić information content (AvgIpc) is 2.42. The summed E-state index contributed by atoms with van der Waals surface area (Å²) in [6, 6.07) is 12.7. The Balaban J connectivity index is 2.20. The third kappa shape index (κ3) is 3.84. The minimum absolute atomic E-state index is 0.199. The number of rotatable bonds is 3. The molecule has 0 aromatic heterocycles. The number of halogens is 3. The van der Waals surface area contributed by atoms with E-state index in [0.717, 1.165) is 9.13 Å². The molecule has 0 aliphatic carbocycles. The first-order valence-electron chi connectivity index (χ1n) is 5.51. The Morgan fingerprint density at radius 1 is 1.21 bits per heavy atom. The number of nitrogens with one attached hydrogen (secondary N) is 1. The lowest BCUT2D eigenvalue weighted by atomic mass is 10.1. The summed E-state index contributed by atoms with van der Waals surface area (Å²) in [5.74, 6) is 0.181. The second-order valence-electron chi connectivity index (χ2n) is 3.91. The van der Waals surface area contributed by atoms with Crippen LogP contribution in [0.25, 0.3) is 0 Å². The van der Waals surface area contributed by atoms with E-state index >= 15 is 0 Å². The molecule has 0 aliphatic rings. The summed E-state index contributed by atoms with van der Waals surface area (Å²) in [6.07, 6.45) is 0. The lowest BCUT2D eigenvalue weighted by molar-refractivity contribution is 0.102. The zero-order valence-electron chi connectivity index (χ0n) is 9.79. The number of benzene rings is 2. The third-order valence-electron chi connectivity index (χ3n) is 2.52. The number of carbonyl (C=O) groups is 1.